The number of rotatable bonds is 3. The van der Waals surface area contributed by atoms with E-state index in [0.717, 1.165) is 38.3 Å². The Labute approximate surface area is 142 Å². The van der Waals surface area contributed by atoms with Gasteiger partial charge in [0.05, 0.1) is 12.7 Å². The number of amides is 1. The molecule has 0 spiro atoms. The lowest BCUT2D eigenvalue weighted by molar-refractivity contribution is -0.140. The molecule has 2 saturated heterocycles. The van der Waals surface area contributed by atoms with Gasteiger partial charge in [0.1, 0.15) is 11.9 Å². The molecule has 0 aliphatic carbocycles. The van der Waals surface area contributed by atoms with Crippen molar-refractivity contribution in [1.82, 2.24) is 20.4 Å². The van der Waals surface area contributed by atoms with Gasteiger partial charge in [0.25, 0.3) is 0 Å². The van der Waals surface area contributed by atoms with Crippen LogP contribution >= 0.6 is 12.4 Å². The fourth-order valence-electron chi connectivity index (χ4n) is 3.04. The minimum absolute atomic E-state index is 0. The van der Waals surface area contributed by atoms with Gasteiger partial charge in [-0.1, -0.05) is 0 Å². The normalized spacial score (nSPS) is 25.5. The molecule has 7 nitrogen and oxygen atoms in total. The van der Waals surface area contributed by atoms with Crippen molar-refractivity contribution in [2.75, 3.05) is 31.6 Å². The van der Waals surface area contributed by atoms with Crippen LogP contribution in [-0.2, 0) is 9.53 Å². The zero-order chi connectivity index (χ0) is 15.4. The number of nitrogens with zero attached hydrogens (tertiary/aromatic N) is 3. The summed E-state index contributed by atoms with van der Waals surface area (Å²) in [7, 11) is 0. The average molecular weight is 342 g/mol. The topological polar surface area (TPSA) is 79.4 Å². The fourth-order valence-corrected chi connectivity index (χ4v) is 3.04. The second-order valence-electron chi connectivity index (χ2n) is 5.86. The summed E-state index contributed by atoms with van der Waals surface area (Å²) >= 11 is 0. The number of ether oxygens (including phenoxy) is 1. The SMILES string of the molecule is C[C@H]1OCCN[C@@H]1C(=O)N1CCC(Nc2cccnn2)CC1.Cl. The van der Waals surface area contributed by atoms with Gasteiger partial charge in [0, 0.05) is 31.9 Å². The highest BCUT2D eigenvalue weighted by Gasteiger charge is 2.33. The van der Waals surface area contributed by atoms with Crippen molar-refractivity contribution in [2.45, 2.75) is 38.0 Å². The lowest BCUT2D eigenvalue weighted by Crippen LogP contribution is -2.58. The highest BCUT2D eigenvalue weighted by molar-refractivity contribution is 5.85. The number of hydrogen-bond donors (Lipinski definition) is 2. The number of hydrogen-bond acceptors (Lipinski definition) is 6. The predicted molar refractivity (Wildman–Crippen MR) is 89.7 cm³/mol. The zero-order valence-corrected chi connectivity index (χ0v) is 14.1. The molecule has 2 aliphatic heterocycles. The summed E-state index contributed by atoms with van der Waals surface area (Å²) in [5.74, 6) is 0.952. The van der Waals surface area contributed by atoms with E-state index in [9.17, 15) is 4.79 Å². The summed E-state index contributed by atoms with van der Waals surface area (Å²) in [4.78, 5) is 14.5. The van der Waals surface area contributed by atoms with E-state index in [2.05, 4.69) is 20.8 Å². The number of likely N-dealkylation sites (tertiary alicyclic amines) is 1. The largest absolute Gasteiger partial charge is 0.375 e. The Hall–Kier alpha value is -1.44. The Balaban J connectivity index is 0.00000192. The molecule has 8 heteroatoms. The average Bonchev–Trinajstić information content (AvgIpc) is 2.56. The third-order valence-electron chi connectivity index (χ3n) is 4.31. The summed E-state index contributed by atoms with van der Waals surface area (Å²) in [6, 6.07) is 3.91. The van der Waals surface area contributed by atoms with Gasteiger partial charge in [-0.3, -0.25) is 4.79 Å². The first-order chi connectivity index (χ1) is 10.7. The van der Waals surface area contributed by atoms with Gasteiger partial charge in [0.2, 0.25) is 5.91 Å². The van der Waals surface area contributed by atoms with E-state index in [0.29, 0.717) is 12.6 Å². The molecule has 0 unspecified atom stereocenters. The Morgan fingerprint density at radius 1 is 1.43 bits per heavy atom. The second kappa shape index (κ2) is 8.42. The minimum Gasteiger partial charge on any atom is -0.375 e. The number of nitrogens with one attached hydrogen (secondary N) is 2. The van der Waals surface area contributed by atoms with Crippen LogP contribution in [0.2, 0.25) is 0 Å². The molecule has 0 radical (unpaired) electrons. The molecule has 1 amide bonds. The van der Waals surface area contributed by atoms with E-state index in [1.807, 2.05) is 24.0 Å². The Morgan fingerprint density at radius 2 is 2.22 bits per heavy atom. The molecule has 128 valence electrons. The number of carbonyl (C=O) groups is 1. The lowest BCUT2D eigenvalue weighted by Gasteiger charge is -2.37. The smallest absolute Gasteiger partial charge is 0.242 e. The van der Waals surface area contributed by atoms with Crippen LogP contribution in [0.3, 0.4) is 0 Å². The molecule has 1 aromatic heterocycles. The zero-order valence-electron chi connectivity index (χ0n) is 13.3. The molecule has 3 rings (SSSR count). The van der Waals surface area contributed by atoms with Crippen molar-refractivity contribution < 1.29 is 9.53 Å². The highest BCUT2D eigenvalue weighted by Crippen LogP contribution is 2.17. The maximum absolute atomic E-state index is 12.6. The molecule has 2 N–H and O–H groups in total. The maximum Gasteiger partial charge on any atom is 0.242 e. The van der Waals surface area contributed by atoms with Crippen LogP contribution in [0.25, 0.3) is 0 Å². The summed E-state index contributed by atoms with van der Waals surface area (Å²) in [6.07, 6.45) is 3.44. The van der Waals surface area contributed by atoms with Gasteiger partial charge in [-0.15, -0.1) is 17.5 Å². The number of halogens is 1. The summed E-state index contributed by atoms with van der Waals surface area (Å²) in [5.41, 5.74) is 0. The van der Waals surface area contributed by atoms with Crippen LogP contribution in [0.1, 0.15) is 19.8 Å². The van der Waals surface area contributed by atoms with Crippen molar-refractivity contribution in [3.8, 4) is 0 Å². The van der Waals surface area contributed by atoms with Crippen LogP contribution in [0.4, 0.5) is 5.82 Å². The highest BCUT2D eigenvalue weighted by atomic mass is 35.5. The number of carbonyl (C=O) groups excluding carboxylic acids is 1. The third kappa shape index (κ3) is 4.53. The van der Waals surface area contributed by atoms with E-state index in [4.69, 9.17) is 4.74 Å². The maximum atomic E-state index is 12.6. The van der Waals surface area contributed by atoms with E-state index in [1.54, 1.807) is 6.20 Å². The molecule has 2 aliphatic rings. The first-order valence-corrected chi connectivity index (χ1v) is 7.92. The van der Waals surface area contributed by atoms with Crippen molar-refractivity contribution in [2.24, 2.45) is 0 Å². The molecule has 23 heavy (non-hydrogen) atoms. The molecular formula is C15H24ClN5O2. The molecule has 0 saturated carbocycles. The first-order valence-electron chi connectivity index (χ1n) is 7.92. The number of morpholine rings is 1. The van der Waals surface area contributed by atoms with Crippen molar-refractivity contribution in [3.63, 3.8) is 0 Å². The quantitative estimate of drug-likeness (QED) is 0.841. The molecule has 3 heterocycles. The van der Waals surface area contributed by atoms with E-state index in [-0.39, 0.29) is 30.5 Å². The second-order valence-corrected chi connectivity index (χ2v) is 5.86. The van der Waals surface area contributed by atoms with E-state index in [1.165, 1.54) is 0 Å². The van der Waals surface area contributed by atoms with E-state index >= 15 is 0 Å². The Bertz CT molecular complexity index is 496. The van der Waals surface area contributed by atoms with Gasteiger partial charge < -0.3 is 20.3 Å². The van der Waals surface area contributed by atoms with Crippen LogP contribution < -0.4 is 10.6 Å². The summed E-state index contributed by atoms with van der Waals surface area (Å²) in [6.45, 7) is 4.90. The first kappa shape index (κ1) is 17.9. The standard InChI is InChI=1S/C15H23N5O2.ClH/c1-11-14(16-7-10-22-11)15(21)20-8-4-12(5-9-20)18-13-3-2-6-17-19-13;/h2-3,6,11-12,14,16H,4-5,7-10H2,1H3,(H,18,19);1H/t11-,14+;/m1./s1. The molecule has 2 fully saturated rings. The van der Waals surface area contributed by atoms with E-state index < -0.39 is 0 Å². The van der Waals surface area contributed by atoms with Crippen LogP contribution in [0, 0.1) is 0 Å². The number of anilines is 1. The number of aromatic nitrogens is 2. The lowest BCUT2D eigenvalue weighted by atomic mass is 10.0. The molecule has 0 aromatic carbocycles. The molecule has 1 aromatic rings. The fraction of sp³-hybridized carbons (Fsp3) is 0.667. The molecule has 0 bridgehead atoms. The van der Waals surface area contributed by atoms with Crippen LogP contribution in [-0.4, -0.2) is 65.4 Å². The van der Waals surface area contributed by atoms with Gasteiger partial charge in [-0.2, -0.15) is 5.10 Å². The molecular weight excluding hydrogens is 318 g/mol. The van der Waals surface area contributed by atoms with Gasteiger partial charge >= 0.3 is 0 Å². The number of piperidine rings is 1. The minimum atomic E-state index is -0.210. The summed E-state index contributed by atoms with van der Waals surface area (Å²) < 4.78 is 5.56. The Morgan fingerprint density at radius 3 is 2.87 bits per heavy atom. The van der Waals surface area contributed by atoms with Crippen LogP contribution in [0.15, 0.2) is 18.3 Å². The Kier molecular flexibility index (Phi) is 6.56. The summed E-state index contributed by atoms with van der Waals surface area (Å²) in [5, 5.41) is 14.5. The van der Waals surface area contributed by atoms with Crippen molar-refractivity contribution in [1.29, 1.82) is 0 Å². The van der Waals surface area contributed by atoms with Gasteiger partial charge in [-0.25, -0.2) is 0 Å². The monoisotopic (exact) mass is 341 g/mol. The van der Waals surface area contributed by atoms with Crippen molar-refractivity contribution >= 4 is 24.1 Å². The van der Waals surface area contributed by atoms with Crippen molar-refractivity contribution in [3.05, 3.63) is 18.3 Å². The van der Waals surface area contributed by atoms with Crippen LogP contribution in [0.5, 0.6) is 0 Å². The van der Waals surface area contributed by atoms with Gasteiger partial charge in [-0.05, 0) is 31.9 Å². The predicted octanol–water partition coefficient (Wildman–Crippen LogP) is 0.678. The third-order valence-corrected chi connectivity index (χ3v) is 4.31. The molecule has 2 atom stereocenters. The van der Waals surface area contributed by atoms with Gasteiger partial charge in [0.15, 0.2) is 0 Å².